The van der Waals surface area contributed by atoms with Crippen molar-refractivity contribution in [2.24, 2.45) is 0 Å². The normalized spacial score (nSPS) is 11.7. The monoisotopic (exact) mass is 305 g/mol. The highest BCUT2D eigenvalue weighted by Crippen LogP contribution is 2.27. The van der Waals surface area contributed by atoms with Crippen molar-refractivity contribution in [3.05, 3.63) is 28.2 Å². The second-order valence-electron chi connectivity index (χ2n) is 3.73. The van der Waals surface area contributed by atoms with Gasteiger partial charge in [-0.1, -0.05) is 30.1 Å². The molecule has 0 fully saturated rings. The maximum absolute atomic E-state index is 11.5. The third kappa shape index (κ3) is 4.96. The van der Waals surface area contributed by atoms with Crippen LogP contribution in [0.2, 0.25) is 10.0 Å². The summed E-state index contributed by atoms with van der Waals surface area (Å²) in [7, 11) is 0. The van der Waals surface area contributed by atoms with Gasteiger partial charge in [-0.15, -0.1) is 0 Å². The smallest absolute Gasteiger partial charge is 0.326 e. The molecule has 1 amide bonds. The van der Waals surface area contributed by atoms with Gasteiger partial charge >= 0.3 is 5.97 Å². The van der Waals surface area contributed by atoms with Crippen molar-refractivity contribution in [2.45, 2.75) is 19.4 Å². The summed E-state index contributed by atoms with van der Waals surface area (Å²) < 4.78 is 5.18. The first-order chi connectivity index (χ1) is 8.93. The minimum atomic E-state index is -1.09. The number of hydrogen-bond donors (Lipinski definition) is 2. The van der Waals surface area contributed by atoms with Crippen LogP contribution in [0.4, 0.5) is 0 Å². The van der Waals surface area contributed by atoms with E-state index in [4.69, 9.17) is 33.0 Å². The molecule has 0 spiro atoms. The van der Waals surface area contributed by atoms with E-state index < -0.39 is 17.9 Å². The maximum Gasteiger partial charge on any atom is 0.326 e. The zero-order valence-electron chi connectivity index (χ0n) is 10.2. The first kappa shape index (κ1) is 15.6. The molecule has 0 saturated heterocycles. The molecule has 0 bridgehead atoms. The molecule has 19 heavy (non-hydrogen) atoms. The predicted octanol–water partition coefficient (Wildman–Crippen LogP) is 2.35. The molecule has 1 rings (SSSR count). The van der Waals surface area contributed by atoms with Gasteiger partial charge in [0.05, 0.1) is 5.02 Å². The summed E-state index contributed by atoms with van der Waals surface area (Å²) in [5.41, 5.74) is 0. The average Bonchev–Trinajstić information content (AvgIpc) is 2.36. The summed E-state index contributed by atoms with van der Waals surface area (Å²) in [6.07, 6.45) is 0.291. The van der Waals surface area contributed by atoms with E-state index in [9.17, 15) is 9.59 Å². The molecule has 0 unspecified atom stereocenters. The van der Waals surface area contributed by atoms with Crippen LogP contribution in [0, 0.1) is 0 Å². The van der Waals surface area contributed by atoms with Gasteiger partial charge in [0.1, 0.15) is 11.8 Å². The van der Waals surface area contributed by atoms with Crippen molar-refractivity contribution < 1.29 is 19.4 Å². The summed E-state index contributed by atoms with van der Waals surface area (Å²) >= 11 is 11.6. The molecule has 0 saturated carbocycles. The largest absolute Gasteiger partial charge is 0.482 e. The predicted molar refractivity (Wildman–Crippen MR) is 71.8 cm³/mol. The number of aliphatic carboxylic acids is 1. The summed E-state index contributed by atoms with van der Waals surface area (Å²) in [5.74, 6) is -1.35. The Morgan fingerprint density at radius 1 is 1.42 bits per heavy atom. The molecule has 2 N–H and O–H groups in total. The number of carbonyl (C=O) groups is 2. The lowest BCUT2D eigenvalue weighted by Crippen LogP contribution is -2.42. The van der Waals surface area contributed by atoms with Crippen LogP contribution in [0.15, 0.2) is 18.2 Å². The Kier molecular flexibility index (Phi) is 5.92. The third-order valence-electron chi connectivity index (χ3n) is 2.29. The summed E-state index contributed by atoms with van der Waals surface area (Å²) in [6, 6.07) is 3.69. The Morgan fingerprint density at radius 2 is 2.11 bits per heavy atom. The summed E-state index contributed by atoms with van der Waals surface area (Å²) in [4.78, 5) is 22.3. The Balaban J connectivity index is 2.54. The molecule has 104 valence electrons. The van der Waals surface area contributed by atoms with E-state index in [1.807, 2.05) is 0 Å². The second-order valence-corrected chi connectivity index (χ2v) is 4.57. The number of halogens is 2. The van der Waals surface area contributed by atoms with Crippen LogP contribution in [0.1, 0.15) is 13.3 Å². The van der Waals surface area contributed by atoms with Crippen LogP contribution >= 0.6 is 23.2 Å². The standard InChI is InChI=1S/C12H13Cl2NO4/c1-2-9(12(17)18)15-11(16)6-19-10-5-7(13)3-4-8(10)14/h3-5,9H,2,6H2,1H3,(H,15,16)(H,17,18)/t9-/m1/s1. The van der Waals surface area contributed by atoms with Crippen LogP contribution in [0.3, 0.4) is 0 Å². The number of nitrogens with one attached hydrogen (secondary N) is 1. The third-order valence-corrected chi connectivity index (χ3v) is 2.84. The van der Waals surface area contributed by atoms with Crippen LogP contribution in [0.5, 0.6) is 5.75 Å². The minimum absolute atomic E-state index is 0.271. The van der Waals surface area contributed by atoms with E-state index in [1.165, 1.54) is 6.07 Å². The number of carboxylic acid groups (broad SMARTS) is 1. The van der Waals surface area contributed by atoms with Gasteiger partial charge in [0.15, 0.2) is 6.61 Å². The fourth-order valence-corrected chi connectivity index (χ4v) is 1.64. The van der Waals surface area contributed by atoms with Crippen molar-refractivity contribution in [3.8, 4) is 5.75 Å². The van der Waals surface area contributed by atoms with Crippen molar-refractivity contribution in [3.63, 3.8) is 0 Å². The van der Waals surface area contributed by atoms with Crippen LogP contribution in [0.25, 0.3) is 0 Å². The number of amides is 1. The maximum atomic E-state index is 11.5. The summed E-state index contributed by atoms with van der Waals surface area (Å²) in [5, 5.41) is 11.9. The molecule has 0 aliphatic carbocycles. The lowest BCUT2D eigenvalue weighted by Gasteiger charge is -2.13. The highest BCUT2D eigenvalue weighted by molar-refractivity contribution is 6.34. The number of rotatable bonds is 6. The van der Waals surface area contributed by atoms with Gasteiger partial charge in [0.25, 0.3) is 5.91 Å². The lowest BCUT2D eigenvalue weighted by atomic mass is 10.2. The van der Waals surface area contributed by atoms with Gasteiger partial charge in [0, 0.05) is 11.1 Å². The highest BCUT2D eigenvalue weighted by atomic mass is 35.5. The molecule has 1 atom stereocenters. The summed E-state index contributed by atoms with van der Waals surface area (Å²) in [6.45, 7) is 1.33. The molecule has 1 aromatic rings. The van der Waals surface area contributed by atoms with E-state index in [0.717, 1.165) is 0 Å². The molecule has 0 heterocycles. The van der Waals surface area contributed by atoms with Crippen LogP contribution in [-0.2, 0) is 9.59 Å². The topological polar surface area (TPSA) is 75.6 Å². The fraction of sp³-hybridized carbons (Fsp3) is 0.333. The molecule has 0 aliphatic heterocycles. The van der Waals surface area contributed by atoms with Crippen molar-refractivity contribution in [2.75, 3.05) is 6.61 Å². The average molecular weight is 306 g/mol. The van der Waals surface area contributed by atoms with Crippen molar-refractivity contribution in [1.82, 2.24) is 5.32 Å². The zero-order chi connectivity index (χ0) is 14.4. The Labute approximate surface area is 120 Å². The molecular weight excluding hydrogens is 293 g/mol. The van der Waals surface area contributed by atoms with Crippen LogP contribution < -0.4 is 10.1 Å². The molecule has 5 nitrogen and oxygen atoms in total. The van der Waals surface area contributed by atoms with Gasteiger partial charge in [-0.05, 0) is 18.6 Å². The molecule has 0 aliphatic rings. The van der Waals surface area contributed by atoms with E-state index in [-0.39, 0.29) is 12.4 Å². The van der Waals surface area contributed by atoms with Gasteiger partial charge < -0.3 is 15.2 Å². The van der Waals surface area contributed by atoms with Gasteiger partial charge in [-0.3, -0.25) is 4.79 Å². The Hall–Kier alpha value is -1.46. The van der Waals surface area contributed by atoms with E-state index in [1.54, 1.807) is 19.1 Å². The number of benzene rings is 1. The quantitative estimate of drug-likeness (QED) is 0.846. The zero-order valence-corrected chi connectivity index (χ0v) is 11.7. The van der Waals surface area contributed by atoms with Crippen molar-refractivity contribution in [1.29, 1.82) is 0 Å². The van der Waals surface area contributed by atoms with E-state index in [0.29, 0.717) is 16.5 Å². The lowest BCUT2D eigenvalue weighted by molar-refractivity contribution is -0.142. The SMILES string of the molecule is CC[C@@H](NC(=O)COc1cc(Cl)ccc1Cl)C(=O)O. The number of ether oxygens (including phenoxy) is 1. The van der Waals surface area contributed by atoms with Gasteiger partial charge in [-0.25, -0.2) is 4.79 Å². The van der Waals surface area contributed by atoms with E-state index >= 15 is 0 Å². The van der Waals surface area contributed by atoms with Crippen molar-refractivity contribution >= 4 is 35.1 Å². The fourth-order valence-electron chi connectivity index (χ4n) is 1.31. The molecule has 0 aromatic heterocycles. The minimum Gasteiger partial charge on any atom is -0.482 e. The van der Waals surface area contributed by atoms with E-state index in [2.05, 4.69) is 5.32 Å². The van der Waals surface area contributed by atoms with Gasteiger partial charge in [0.2, 0.25) is 0 Å². The molecule has 1 aromatic carbocycles. The first-order valence-electron chi connectivity index (χ1n) is 5.54. The highest BCUT2D eigenvalue weighted by Gasteiger charge is 2.17. The number of carbonyl (C=O) groups excluding carboxylic acids is 1. The molecule has 7 heteroatoms. The number of carboxylic acids is 1. The molecule has 0 radical (unpaired) electrons. The number of hydrogen-bond acceptors (Lipinski definition) is 3. The Morgan fingerprint density at radius 3 is 2.68 bits per heavy atom. The van der Waals surface area contributed by atoms with Crippen LogP contribution in [-0.4, -0.2) is 29.6 Å². The first-order valence-corrected chi connectivity index (χ1v) is 6.29. The second kappa shape index (κ2) is 7.21. The molecular formula is C12H13Cl2NO4. The Bertz CT molecular complexity index is 479. The van der Waals surface area contributed by atoms with Gasteiger partial charge in [-0.2, -0.15) is 0 Å².